The van der Waals surface area contributed by atoms with Crippen molar-refractivity contribution < 1.29 is 9.13 Å². The zero-order valence-electron chi connectivity index (χ0n) is 15.7. The van der Waals surface area contributed by atoms with Gasteiger partial charge in [-0.05, 0) is 31.0 Å². The van der Waals surface area contributed by atoms with Crippen molar-refractivity contribution in [3.05, 3.63) is 42.7 Å². The number of aromatic nitrogens is 4. The van der Waals surface area contributed by atoms with Crippen molar-refractivity contribution in [3.8, 4) is 0 Å². The van der Waals surface area contributed by atoms with Gasteiger partial charge in [0.2, 0.25) is 0 Å². The van der Waals surface area contributed by atoms with E-state index in [0.29, 0.717) is 13.2 Å². The average Bonchev–Trinajstić information content (AvgIpc) is 3.19. The summed E-state index contributed by atoms with van der Waals surface area (Å²) < 4.78 is 21.3. The molecule has 1 atom stereocenters. The van der Waals surface area contributed by atoms with Crippen molar-refractivity contribution >= 4 is 22.7 Å². The lowest BCUT2D eigenvalue weighted by molar-refractivity contribution is 0.122. The van der Waals surface area contributed by atoms with E-state index >= 15 is 0 Å². The molecule has 0 aliphatic carbocycles. The minimum atomic E-state index is -0.199. The summed E-state index contributed by atoms with van der Waals surface area (Å²) in [6.45, 7) is 4.78. The Morgan fingerprint density at radius 3 is 2.79 bits per heavy atom. The Kier molecular flexibility index (Phi) is 4.56. The molecule has 0 amide bonds. The molecule has 2 aliphatic heterocycles. The molecular weight excluding hydrogens is 359 g/mol. The molecular formula is C20H23FN6O. The number of benzene rings is 1. The molecule has 4 heterocycles. The fourth-order valence-corrected chi connectivity index (χ4v) is 4.20. The first-order valence-corrected chi connectivity index (χ1v) is 9.80. The lowest BCUT2D eigenvalue weighted by Gasteiger charge is -2.35. The number of piperidine rings is 1. The average molecular weight is 382 g/mol. The summed E-state index contributed by atoms with van der Waals surface area (Å²) in [5, 5.41) is 0. The highest BCUT2D eigenvalue weighted by Crippen LogP contribution is 2.30. The first-order valence-electron chi connectivity index (χ1n) is 9.80. The van der Waals surface area contributed by atoms with Crippen LogP contribution in [0, 0.1) is 5.82 Å². The monoisotopic (exact) mass is 382 g/mol. The molecule has 0 spiro atoms. The van der Waals surface area contributed by atoms with Gasteiger partial charge in [0, 0.05) is 31.9 Å². The summed E-state index contributed by atoms with van der Waals surface area (Å²) >= 11 is 0. The number of fused-ring (bicyclic) bond motifs is 1. The van der Waals surface area contributed by atoms with Gasteiger partial charge in [-0.2, -0.15) is 0 Å². The first-order chi connectivity index (χ1) is 13.8. The van der Waals surface area contributed by atoms with Crippen LogP contribution in [-0.4, -0.2) is 58.9 Å². The lowest BCUT2D eigenvalue weighted by atomic mass is 10.0. The summed E-state index contributed by atoms with van der Waals surface area (Å²) in [6.07, 6.45) is 5.60. The number of rotatable bonds is 3. The minimum absolute atomic E-state index is 0.199. The van der Waals surface area contributed by atoms with Gasteiger partial charge in [0.25, 0.3) is 0 Å². The van der Waals surface area contributed by atoms with Gasteiger partial charge in [0.15, 0.2) is 17.0 Å². The van der Waals surface area contributed by atoms with Gasteiger partial charge in [0.1, 0.15) is 12.1 Å². The quantitative estimate of drug-likeness (QED) is 0.694. The second-order valence-electron chi connectivity index (χ2n) is 7.34. The predicted octanol–water partition coefficient (Wildman–Crippen LogP) is 2.64. The number of morpholine rings is 1. The third kappa shape index (κ3) is 3.17. The SMILES string of the molecule is Fc1cccc(N2CCC[C@@H](n3cnc4c(N5CCOCC5)ncnc43)C2)c1. The Balaban J connectivity index is 1.44. The molecule has 3 aromatic rings. The maximum atomic E-state index is 13.6. The Morgan fingerprint density at radius 1 is 1.04 bits per heavy atom. The molecule has 0 N–H and O–H groups in total. The van der Waals surface area contributed by atoms with Crippen molar-refractivity contribution in [1.82, 2.24) is 19.5 Å². The molecule has 146 valence electrons. The number of hydrogen-bond donors (Lipinski definition) is 0. The predicted molar refractivity (Wildman–Crippen MR) is 105 cm³/mol. The molecule has 28 heavy (non-hydrogen) atoms. The highest BCUT2D eigenvalue weighted by molar-refractivity contribution is 5.83. The van der Waals surface area contributed by atoms with Crippen LogP contribution < -0.4 is 9.80 Å². The number of ether oxygens (including phenoxy) is 1. The van der Waals surface area contributed by atoms with Crippen molar-refractivity contribution in [2.45, 2.75) is 18.9 Å². The number of hydrogen-bond acceptors (Lipinski definition) is 6. The highest BCUT2D eigenvalue weighted by Gasteiger charge is 2.25. The summed E-state index contributed by atoms with van der Waals surface area (Å²) in [5.74, 6) is 0.681. The van der Waals surface area contributed by atoms with Gasteiger partial charge >= 0.3 is 0 Å². The molecule has 2 aliphatic rings. The molecule has 8 heteroatoms. The van der Waals surface area contributed by atoms with Crippen LogP contribution in [0.5, 0.6) is 0 Å². The third-order valence-electron chi connectivity index (χ3n) is 5.61. The number of imidazole rings is 1. The van der Waals surface area contributed by atoms with E-state index in [1.54, 1.807) is 18.5 Å². The van der Waals surface area contributed by atoms with Gasteiger partial charge < -0.3 is 19.1 Å². The van der Waals surface area contributed by atoms with Crippen LogP contribution in [0.2, 0.25) is 0 Å². The Bertz CT molecular complexity index is 970. The van der Waals surface area contributed by atoms with Crippen molar-refractivity contribution in [3.63, 3.8) is 0 Å². The smallest absolute Gasteiger partial charge is 0.165 e. The molecule has 2 aromatic heterocycles. The lowest BCUT2D eigenvalue weighted by Crippen LogP contribution is -2.37. The topological polar surface area (TPSA) is 59.3 Å². The van der Waals surface area contributed by atoms with Crippen LogP contribution in [0.1, 0.15) is 18.9 Å². The minimum Gasteiger partial charge on any atom is -0.378 e. The Labute approximate surface area is 162 Å². The second-order valence-corrected chi connectivity index (χ2v) is 7.34. The molecule has 0 radical (unpaired) electrons. The molecule has 5 rings (SSSR count). The fraction of sp³-hybridized carbons (Fsp3) is 0.450. The summed E-state index contributed by atoms with van der Waals surface area (Å²) in [7, 11) is 0. The van der Waals surface area contributed by atoms with Gasteiger partial charge in [0.05, 0.1) is 25.6 Å². The van der Waals surface area contributed by atoms with Gasteiger partial charge in [-0.25, -0.2) is 19.3 Å². The maximum Gasteiger partial charge on any atom is 0.165 e. The maximum absolute atomic E-state index is 13.6. The number of nitrogens with zero attached hydrogens (tertiary/aromatic N) is 6. The fourth-order valence-electron chi connectivity index (χ4n) is 4.20. The van der Waals surface area contributed by atoms with E-state index in [9.17, 15) is 4.39 Å². The summed E-state index contributed by atoms with van der Waals surface area (Å²) in [5.41, 5.74) is 2.63. The van der Waals surface area contributed by atoms with E-state index in [1.165, 1.54) is 6.07 Å². The van der Waals surface area contributed by atoms with E-state index < -0.39 is 0 Å². The number of anilines is 2. The zero-order valence-corrected chi connectivity index (χ0v) is 15.7. The van der Waals surface area contributed by atoms with Crippen LogP contribution in [0.3, 0.4) is 0 Å². The van der Waals surface area contributed by atoms with Crippen LogP contribution in [0.4, 0.5) is 15.9 Å². The van der Waals surface area contributed by atoms with Crippen LogP contribution >= 0.6 is 0 Å². The molecule has 0 unspecified atom stereocenters. The standard InChI is InChI=1S/C20H23FN6O/c21-15-3-1-4-16(11-15)26-6-2-5-17(12-26)27-14-24-18-19(22-13-23-20(18)27)25-7-9-28-10-8-25/h1,3-4,11,13-14,17H,2,5-10,12H2/t17-/m1/s1. The summed E-state index contributed by atoms with van der Waals surface area (Å²) in [4.78, 5) is 18.1. The largest absolute Gasteiger partial charge is 0.378 e. The number of halogens is 1. The molecule has 0 bridgehead atoms. The van der Waals surface area contributed by atoms with E-state index in [0.717, 1.165) is 61.7 Å². The molecule has 2 fully saturated rings. The molecule has 7 nitrogen and oxygen atoms in total. The summed E-state index contributed by atoms with van der Waals surface area (Å²) in [6, 6.07) is 7.07. The first kappa shape index (κ1) is 17.4. The highest BCUT2D eigenvalue weighted by atomic mass is 19.1. The Hall–Kier alpha value is -2.74. The van der Waals surface area contributed by atoms with E-state index in [2.05, 4.69) is 29.3 Å². The van der Waals surface area contributed by atoms with Crippen molar-refractivity contribution in [1.29, 1.82) is 0 Å². The van der Waals surface area contributed by atoms with Gasteiger partial charge in [-0.3, -0.25) is 0 Å². The zero-order chi connectivity index (χ0) is 18.9. The molecule has 1 aromatic carbocycles. The van der Waals surface area contributed by atoms with Crippen LogP contribution in [0.15, 0.2) is 36.9 Å². The van der Waals surface area contributed by atoms with Gasteiger partial charge in [-0.15, -0.1) is 0 Å². The van der Waals surface area contributed by atoms with Crippen LogP contribution in [-0.2, 0) is 4.74 Å². The van der Waals surface area contributed by atoms with E-state index in [1.807, 2.05) is 12.4 Å². The van der Waals surface area contributed by atoms with E-state index in [4.69, 9.17) is 4.74 Å². The van der Waals surface area contributed by atoms with Crippen molar-refractivity contribution in [2.75, 3.05) is 49.2 Å². The molecule has 2 saturated heterocycles. The third-order valence-corrected chi connectivity index (χ3v) is 5.61. The second kappa shape index (κ2) is 7.35. The molecule has 0 saturated carbocycles. The van der Waals surface area contributed by atoms with E-state index in [-0.39, 0.29) is 11.9 Å². The van der Waals surface area contributed by atoms with Crippen molar-refractivity contribution in [2.24, 2.45) is 0 Å². The van der Waals surface area contributed by atoms with Gasteiger partial charge in [-0.1, -0.05) is 6.07 Å². The normalized spacial score (nSPS) is 20.7. The van der Waals surface area contributed by atoms with Crippen LogP contribution in [0.25, 0.3) is 11.2 Å². The Morgan fingerprint density at radius 2 is 1.93 bits per heavy atom.